The third kappa shape index (κ3) is 1.63. The summed E-state index contributed by atoms with van der Waals surface area (Å²) in [4.78, 5) is 2.43. The summed E-state index contributed by atoms with van der Waals surface area (Å²) in [5.41, 5.74) is 0.0104. The van der Waals surface area contributed by atoms with Gasteiger partial charge in [-0.25, -0.2) is 0 Å². The van der Waals surface area contributed by atoms with Crippen LogP contribution in [0.2, 0.25) is 0 Å². The largest absolute Gasteiger partial charge is 0.299 e. The van der Waals surface area contributed by atoms with Crippen molar-refractivity contribution in [3.63, 3.8) is 0 Å². The van der Waals surface area contributed by atoms with Crippen molar-refractivity contribution in [2.24, 2.45) is 0 Å². The second-order valence-electron chi connectivity index (χ2n) is 3.30. The summed E-state index contributed by atoms with van der Waals surface area (Å²) in [5, 5.41) is 3.28. The number of nitrogens with zero attached hydrogens (tertiary/aromatic N) is 1. The Bertz CT molecular complexity index is 138. The number of nitrogens with one attached hydrogen (secondary N) is 1. The van der Waals surface area contributed by atoms with E-state index in [9.17, 15) is 0 Å². The molecule has 0 aromatic carbocycles. The van der Waals surface area contributed by atoms with Crippen molar-refractivity contribution in [3.05, 3.63) is 12.7 Å². The zero-order valence-corrected chi connectivity index (χ0v) is 7.56. The van der Waals surface area contributed by atoms with Crippen molar-refractivity contribution in [2.75, 3.05) is 20.1 Å². The fourth-order valence-corrected chi connectivity index (χ4v) is 1.57. The Morgan fingerprint density at radius 2 is 2.00 bits per heavy atom. The van der Waals surface area contributed by atoms with Crippen LogP contribution in [0.25, 0.3) is 0 Å². The highest BCUT2D eigenvalue weighted by molar-refractivity contribution is 4.99. The molecular formula is C9H18N2. The summed E-state index contributed by atoms with van der Waals surface area (Å²) in [5.74, 6) is 0. The first-order chi connectivity index (χ1) is 5.23. The van der Waals surface area contributed by atoms with Gasteiger partial charge >= 0.3 is 0 Å². The molecule has 0 bridgehead atoms. The van der Waals surface area contributed by atoms with E-state index >= 15 is 0 Å². The van der Waals surface area contributed by atoms with Crippen molar-refractivity contribution < 1.29 is 0 Å². The molecule has 1 heterocycles. The Hall–Kier alpha value is -0.340. The predicted molar refractivity (Wildman–Crippen MR) is 48.5 cm³/mol. The van der Waals surface area contributed by atoms with Gasteiger partial charge in [-0.15, -0.1) is 0 Å². The molecule has 1 unspecified atom stereocenters. The van der Waals surface area contributed by atoms with Gasteiger partial charge in [0.15, 0.2) is 0 Å². The lowest BCUT2D eigenvalue weighted by molar-refractivity contribution is 0.156. The van der Waals surface area contributed by atoms with E-state index in [2.05, 4.69) is 23.7 Å². The first-order valence-electron chi connectivity index (χ1n) is 4.30. The second-order valence-corrected chi connectivity index (χ2v) is 3.30. The fourth-order valence-electron chi connectivity index (χ4n) is 1.57. The molecule has 1 aliphatic rings. The van der Waals surface area contributed by atoms with Gasteiger partial charge in [0.1, 0.15) is 0 Å². The molecule has 0 spiro atoms. The van der Waals surface area contributed by atoms with Crippen molar-refractivity contribution in [1.82, 2.24) is 10.2 Å². The maximum absolute atomic E-state index is 3.84. The van der Waals surface area contributed by atoms with E-state index in [1.165, 1.54) is 25.9 Å². The van der Waals surface area contributed by atoms with Gasteiger partial charge in [0.2, 0.25) is 0 Å². The van der Waals surface area contributed by atoms with Crippen LogP contribution in [0.15, 0.2) is 12.7 Å². The highest BCUT2D eigenvalue weighted by atomic mass is 15.3. The van der Waals surface area contributed by atoms with E-state index in [1.54, 1.807) is 0 Å². The summed E-state index contributed by atoms with van der Waals surface area (Å²) in [6.45, 7) is 8.41. The van der Waals surface area contributed by atoms with Crippen molar-refractivity contribution >= 4 is 0 Å². The van der Waals surface area contributed by atoms with Crippen LogP contribution >= 0.6 is 0 Å². The molecule has 1 rings (SSSR count). The summed E-state index contributed by atoms with van der Waals surface area (Å²) in [7, 11) is 1.99. The van der Waals surface area contributed by atoms with E-state index in [4.69, 9.17) is 0 Å². The van der Waals surface area contributed by atoms with Crippen molar-refractivity contribution in [2.45, 2.75) is 25.4 Å². The Labute approximate surface area is 69.3 Å². The molecule has 1 atom stereocenters. The van der Waals surface area contributed by atoms with Crippen molar-refractivity contribution in [1.29, 1.82) is 0 Å². The number of likely N-dealkylation sites (N-methyl/N-ethyl adjacent to an activating group) is 1. The van der Waals surface area contributed by atoms with Crippen LogP contribution in [-0.2, 0) is 0 Å². The smallest absolute Gasteiger partial charge is 0.0870 e. The average molecular weight is 154 g/mol. The van der Waals surface area contributed by atoms with Gasteiger partial charge in [0, 0.05) is 13.1 Å². The lowest BCUT2D eigenvalue weighted by Gasteiger charge is -2.35. The Balaban J connectivity index is 2.59. The zero-order valence-electron chi connectivity index (χ0n) is 7.56. The van der Waals surface area contributed by atoms with E-state index in [-0.39, 0.29) is 5.66 Å². The average Bonchev–Trinajstić information content (AvgIpc) is 2.55. The summed E-state index contributed by atoms with van der Waals surface area (Å²) in [6.07, 6.45) is 4.63. The Morgan fingerprint density at radius 1 is 1.45 bits per heavy atom. The SMILES string of the molecule is C=CC(C)(NC)N1CCCC1. The molecule has 0 amide bonds. The maximum atomic E-state index is 3.84. The van der Waals surface area contributed by atoms with E-state index in [1.807, 2.05) is 13.1 Å². The number of hydrogen-bond donors (Lipinski definition) is 1. The standard InChI is InChI=1S/C9H18N2/c1-4-9(2,10-3)11-7-5-6-8-11/h4,10H,1,5-8H2,2-3H3. The minimum Gasteiger partial charge on any atom is -0.299 e. The third-order valence-electron chi connectivity index (χ3n) is 2.67. The number of likely N-dealkylation sites (tertiary alicyclic amines) is 1. The lowest BCUT2D eigenvalue weighted by atomic mass is 10.2. The first-order valence-corrected chi connectivity index (χ1v) is 4.30. The second kappa shape index (κ2) is 3.37. The summed E-state index contributed by atoms with van der Waals surface area (Å²) >= 11 is 0. The van der Waals surface area contributed by atoms with Gasteiger partial charge in [-0.3, -0.25) is 10.2 Å². The van der Waals surface area contributed by atoms with Gasteiger partial charge in [0.25, 0.3) is 0 Å². The fraction of sp³-hybridized carbons (Fsp3) is 0.778. The molecule has 0 aliphatic carbocycles. The predicted octanol–water partition coefficient (Wildman–Crippen LogP) is 1.20. The molecule has 0 aromatic heterocycles. The molecule has 0 saturated carbocycles. The van der Waals surface area contributed by atoms with Crippen LogP contribution in [0, 0.1) is 0 Å². The lowest BCUT2D eigenvalue weighted by Crippen LogP contribution is -2.52. The number of hydrogen-bond acceptors (Lipinski definition) is 2. The van der Waals surface area contributed by atoms with Crippen LogP contribution in [0.4, 0.5) is 0 Å². The Morgan fingerprint density at radius 3 is 2.36 bits per heavy atom. The van der Waals surface area contributed by atoms with Gasteiger partial charge in [-0.05, 0) is 26.8 Å². The molecule has 0 aromatic rings. The molecular weight excluding hydrogens is 136 g/mol. The highest BCUT2D eigenvalue weighted by Crippen LogP contribution is 2.18. The molecule has 64 valence electrons. The minimum atomic E-state index is 0.0104. The summed E-state index contributed by atoms with van der Waals surface area (Å²) < 4.78 is 0. The van der Waals surface area contributed by atoms with Crippen LogP contribution in [-0.4, -0.2) is 30.7 Å². The number of rotatable bonds is 3. The van der Waals surface area contributed by atoms with Crippen LogP contribution in [0.5, 0.6) is 0 Å². The van der Waals surface area contributed by atoms with Gasteiger partial charge in [-0.1, -0.05) is 12.7 Å². The molecule has 1 saturated heterocycles. The molecule has 1 N–H and O–H groups in total. The van der Waals surface area contributed by atoms with Crippen LogP contribution in [0.1, 0.15) is 19.8 Å². The van der Waals surface area contributed by atoms with E-state index in [0.717, 1.165) is 0 Å². The van der Waals surface area contributed by atoms with Gasteiger partial charge < -0.3 is 0 Å². The van der Waals surface area contributed by atoms with Crippen LogP contribution in [0.3, 0.4) is 0 Å². The monoisotopic (exact) mass is 154 g/mol. The topological polar surface area (TPSA) is 15.3 Å². The molecule has 2 heteroatoms. The third-order valence-corrected chi connectivity index (χ3v) is 2.67. The summed E-state index contributed by atoms with van der Waals surface area (Å²) in [6, 6.07) is 0. The first kappa shape index (κ1) is 8.75. The molecule has 11 heavy (non-hydrogen) atoms. The molecule has 1 aliphatic heterocycles. The Kier molecular flexibility index (Phi) is 2.68. The van der Waals surface area contributed by atoms with Crippen molar-refractivity contribution in [3.8, 4) is 0 Å². The van der Waals surface area contributed by atoms with E-state index < -0.39 is 0 Å². The molecule has 1 fully saturated rings. The zero-order chi connectivity index (χ0) is 8.32. The quantitative estimate of drug-likeness (QED) is 0.615. The normalized spacial score (nSPS) is 24.9. The molecule has 0 radical (unpaired) electrons. The molecule has 2 nitrogen and oxygen atoms in total. The van der Waals surface area contributed by atoms with E-state index in [0.29, 0.717) is 0 Å². The van der Waals surface area contributed by atoms with Gasteiger partial charge in [-0.2, -0.15) is 0 Å². The highest BCUT2D eigenvalue weighted by Gasteiger charge is 2.28. The minimum absolute atomic E-state index is 0.0104. The van der Waals surface area contributed by atoms with Gasteiger partial charge in [0.05, 0.1) is 5.66 Å². The van der Waals surface area contributed by atoms with Crippen LogP contribution < -0.4 is 5.32 Å². The maximum Gasteiger partial charge on any atom is 0.0870 e.